The van der Waals surface area contributed by atoms with E-state index >= 15 is 0 Å². The van der Waals surface area contributed by atoms with Gasteiger partial charge in [-0.1, -0.05) is 11.6 Å². The Morgan fingerprint density at radius 3 is 2.71 bits per heavy atom. The summed E-state index contributed by atoms with van der Waals surface area (Å²) in [7, 11) is 1.31. The molecule has 0 aliphatic carbocycles. The highest BCUT2D eigenvalue weighted by atomic mass is 35.5. The standard InChI is InChI=1S/C13H14ClF3N2O2/c1-12(11(20)21-2)3-4-19(7-12)10-9(14)5-8(6-18-10)13(15,16)17/h5-6H,3-4,7H2,1-2H3. The van der Waals surface area contributed by atoms with Crippen molar-refractivity contribution in [3.8, 4) is 0 Å². The molecule has 1 atom stereocenters. The van der Waals surface area contributed by atoms with Gasteiger partial charge in [0.25, 0.3) is 0 Å². The number of aromatic nitrogens is 1. The van der Waals surface area contributed by atoms with Gasteiger partial charge in [0.1, 0.15) is 5.82 Å². The first kappa shape index (κ1) is 15.9. The lowest BCUT2D eigenvalue weighted by Crippen LogP contribution is -2.33. The fraction of sp³-hybridized carbons (Fsp3) is 0.538. The Hall–Kier alpha value is -1.50. The van der Waals surface area contributed by atoms with E-state index in [2.05, 4.69) is 4.98 Å². The van der Waals surface area contributed by atoms with Crippen molar-refractivity contribution < 1.29 is 22.7 Å². The van der Waals surface area contributed by atoms with Gasteiger partial charge in [-0.25, -0.2) is 4.98 Å². The van der Waals surface area contributed by atoms with Crippen molar-refractivity contribution in [2.24, 2.45) is 5.41 Å². The molecule has 1 aliphatic heterocycles. The second-order valence-electron chi connectivity index (χ2n) is 5.25. The summed E-state index contributed by atoms with van der Waals surface area (Å²) in [4.78, 5) is 17.2. The summed E-state index contributed by atoms with van der Waals surface area (Å²) >= 11 is 5.90. The van der Waals surface area contributed by atoms with Crippen LogP contribution in [0.1, 0.15) is 18.9 Å². The Labute approximate surface area is 124 Å². The van der Waals surface area contributed by atoms with Crippen LogP contribution in [-0.2, 0) is 15.7 Å². The van der Waals surface area contributed by atoms with Crippen molar-refractivity contribution in [1.82, 2.24) is 4.98 Å². The molecule has 1 unspecified atom stereocenters. The number of halogens is 4. The van der Waals surface area contributed by atoms with E-state index in [1.807, 2.05) is 0 Å². The van der Waals surface area contributed by atoms with Crippen LogP contribution in [0.25, 0.3) is 0 Å². The lowest BCUT2D eigenvalue weighted by molar-refractivity contribution is -0.150. The van der Waals surface area contributed by atoms with Crippen molar-refractivity contribution in [3.63, 3.8) is 0 Å². The van der Waals surface area contributed by atoms with E-state index in [9.17, 15) is 18.0 Å². The summed E-state index contributed by atoms with van der Waals surface area (Å²) in [5.74, 6) is -0.106. The molecule has 1 aromatic heterocycles. The highest BCUT2D eigenvalue weighted by molar-refractivity contribution is 6.33. The fourth-order valence-corrected chi connectivity index (χ4v) is 2.66. The molecule has 116 valence electrons. The Balaban J connectivity index is 2.23. The number of methoxy groups -OCH3 is 1. The number of rotatable bonds is 2. The molecule has 0 amide bonds. The molecule has 4 nitrogen and oxygen atoms in total. The van der Waals surface area contributed by atoms with Crippen LogP contribution in [0, 0.1) is 5.41 Å². The third-order valence-electron chi connectivity index (χ3n) is 3.60. The summed E-state index contributed by atoms with van der Waals surface area (Å²) in [5, 5.41) is -0.0843. The number of carbonyl (C=O) groups excluding carboxylic acids is 1. The number of hydrogen-bond acceptors (Lipinski definition) is 4. The first-order valence-electron chi connectivity index (χ1n) is 6.23. The van der Waals surface area contributed by atoms with E-state index in [4.69, 9.17) is 16.3 Å². The molecule has 1 aliphatic rings. The fourth-order valence-electron chi connectivity index (χ4n) is 2.37. The third-order valence-corrected chi connectivity index (χ3v) is 3.88. The summed E-state index contributed by atoms with van der Waals surface area (Å²) in [5.41, 5.74) is -1.60. The molecule has 1 saturated heterocycles. The third kappa shape index (κ3) is 3.07. The van der Waals surface area contributed by atoms with Crippen LogP contribution in [-0.4, -0.2) is 31.2 Å². The van der Waals surface area contributed by atoms with Crippen LogP contribution in [0.2, 0.25) is 5.02 Å². The van der Waals surface area contributed by atoms with Crippen LogP contribution in [0.3, 0.4) is 0 Å². The monoisotopic (exact) mass is 322 g/mol. The molecule has 1 aromatic rings. The van der Waals surface area contributed by atoms with Crippen LogP contribution in [0.4, 0.5) is 19.0 Å². The van der Waals surface area contributed by atoms with Gasteiger partial charge in [-0.15, -0.1) is 0 Å². The molecule has 0 bridgehead atoms. The van der Waals surface area contributed by atoms with E-state index in [-0.39, 0.29) is 16.8 Å². The Kier molecular flexibility index (Phi) is 4.06. The number of alkyl halides is 3. The maximum Gasteiger partial charge on any atom is 0.417 e. The zero-order chi connectivity index (χ0) is 15.8. The number of anilines is 1. The number of hydrogen-bond donors (Lipinski definition) is 0. The largest absolute Gasteiger partial charge is 0.469 e. The summed E-state index contributed by atoms with van der Waals surface area (Å²) in [6, 6.07) is 0.845. The maximum atomic E-state index is 12.6. The Morgan fingerprint density at radius 2 is 2.19 bits per heavy atom. The van der Waals surface area contributed by atoms with Crippen LogP contribution >= 0.6 is 11.6 Å². The lowest BCUT2D eigenvalue weighted by atomic mass is 9.90. The molecule has 2 heterocycles. The zero-order valence-electron chi connectivity index (χ0n) is 11.5. The van der Waals surface area contributed by atoms with Gasteiger partial charge in [0.15, 0.2) is 0 Å². The Morgan fingerprint density at radius 1 is 1.52 bits per heavy atom. The minimum atomic E-state index is -4.49. The van der Waals surface area contributed by atoms with Crippen molar-refractivity contribution in [2.45, 2.75) is 19.5 Å². The second kappa shape index (κ2) is 5.36. The maximum absolute atomic E-state index is 12.6. The summed E-state index contributed by atoms with van der Waals surface area (Å²) in [6.45, 7) is 2.53. The predicted octanol–water partition coefficient (Wildman–Crippen LogP) is 3.14. The number of pyridine rings is 1. The molecule has 21 heavy (non-hydrogen) atoms. The van der Waals surface area contributed by atoms with E-state index in [0.29, 0.717) is 19.5 Å². The van der Waals surface area contributed by atoms with Crippen molar-refractivity contribution in [2.75, 3.05) is 25.1 Å². The quantitative estimate of drug-likeness (QED) is 0.785. The van der Waals surface area contributed by atoms with Crippen LogP contribution < -0.4 is 4.90 Å². The SMILES string of the molecule is COC(=O)C1(C)CCN(c2ncc(C(F)(F)F)cc2Cl)C1. The molecule has 2 rings (SSSR count). The molecule has 0 aromatic carbocycles. The molecular weight excluding hydrogens is 309 g/mol. The number of esters is 1. The average Bonchev–Trinajstić information content (AvgIpc) is 2.80. The average molecular weight is 323 g/mol. The van der Waals surface area contributed by atoms with Gasteiger partial charge < -0.3 is 9.64 Å². The highest BCUT2D eigenvalue weighted by Gasteiger charge is 2.42. The van der Waals surface area contributed by atoms with Gasteiger partial charge in [-0.3, -0.25) is 4.79 Å². The van der Waals surface area contributed by atoms with Crippen molar-refractivity contribution in [3.05, 3.63) is 22.8 Å². The molecule has 1 fully saturated rings. The van der Waals surface area contributed by atoms with E-state index < -0.39 is 17.2 Å². The molecule has 0 N–H and O–H groups in total. The second-order valence-corrected chi connectivity index (χ2v) is 5.66. The summed E-state index contributed by atoms with van der Waals surface area (Å²) in [6.07, 6.45) is -3.21. The molecule has 8 heteroatoms. The van der Waals surface area contributed by atoms with Gasteiger partial charge >= 0.3 is 12.1 Å². The first-order chi connectivity index (χ1) is 9.67. The minimum absolute atomic E-state index is 0.0843. The van der Waals surface area contributed by atoms with Gasteiger partial charge in [-0.2, -0.15) is 13.2 Å². The highest BCUT2D eigenvalue weighted by Crippen LogP contribution is 2.38. The van der Waals surface area contributed by atoms with E-state index in [0.717, 1.165) is 12.3 Å². The smallest absolute Gasteiger partial charge is 0.417 e. The lowest BCUT2D eigenvalue weighted by Gasteiger charge is -2.23. The van der Waals surface area contributed by atoms with E-state index in [1.165, 1.54) is 7.11 Å². The molecule has 0 radical (unpaired) electrons. The number of carbonyl (C=O) groups is 1. The van der Waals surface area contributed by atoms with Gasteiger partial charge in [0, 0.05) is 19.3 Å². The van der Waals surface area contributed by atoms with Crippen molar-refractivity contribution in [1.29, 1.82) is 0 Å². The predicted molar refractivity (Wildman–Crippen MR) is 71.2 cm³/mol. The number of ether oxygens (including phenoxy) is 1. The van der Waals surface area contributed by atoms with Gasteiger partial charge in [-0.05, 0) is 19.4 Å². The molecular formula is C13H14ClF3N2O2. The molecule has 0 saturated carbocycles. The van der Waals surface area contributed by atoms with Crippen molar-refractivity contribution >= 4 is 23.4 Å². The topological polar surface area (TPSA) is 42.4 Å². The normalized spacial score (nSPS) is 22.5. The van der Waals surface area contributed by atoms with Crippen LogP contribution in [0.15, 0.2) is 12.3 Å². The van der Waals surface area contributed by atoms with Gasteiger partial charge in [0.05, 0.1) is 23.1 Å². The van der Waals surface area contributed by atoms with E-state index in [1.54, 1.807) is 11.8 Å². The van der Waals surface area contributed by atoms with Gasteiger partial charge in [0.2, 0.25) is 0 Å². The molecule has 0 spiro atoms. The number of nitrogens with zero attached hydrogens (tertiary/aromatic N) is 2. The Bertz CT molecular complexity index is 565. The summed E-state index contributed by atoms with van der Waals surface area (Å²) < 4.78 is 42.5. The zero-order valence-corrected chi connectivity index (χ0v) is 12.3. The minimum Gasteiger partial charge on any atom is -0.469 e. The van der Waals surface area contributed by atoms with Crippen LogP contribution in [0.5, 0.6) is 0 Å². The first-order valence-corrected chi connectivity index (χ1v) is 6.61.